The maximum absolute atomic E-state index is 14.2. The first kappa shape index (κ1) is 22.4. The number of amides is 2. The van der Waals surface area contributed by atoms with Gasteiger partial charge in [-0.3, -0.25) is 24.8 Å². The fraction of sp³-hybridized carbons (Fsp3) is 0.348. The highest BCUT2D eigenvalue weighted by Crippen LogP contribution is 2.53. The topological polar surface area (TPSA) is 90.5 Å². The van der Waals surface area contributed by atoms with Gasteiger partial charge in [-0.2, -0.15) is 0 Å². The van der Waals surface area contributed by atoms with Crippen LogP contribution in [-0.2, 0) is 16.1 Å². The zero-order valence-corrected chi connectivity index (χ0v) is 17.9. The third kappa shape index (κ3) is 3.29. The average Bonchev–Trinajstić information content (AvgIpc) is 3.39. The molecular formula is C23H23ClF2N4O2. The molecule has 168 valence electrons. The van der Waals surface area contributed by atoms with E-state index in [-0.39, 0.29) is 54.2 Å². The second-order valence-electron chi connectivity index (χ2n) is 8.46. The zero-order chi connectivity index (χ0) is 21.9. The third-order valence-corrected chi connectivity index (χ3v) is 6.87. The van der Waals surface area contributed by atoms with Crippen LogP contribution in [0, 0.1) is 28.9 Å². The highest BCUT2D eigenvalue weighted by Gasteiger charge is 2.62. The summed E-state index contributed by atoms with van der Waals surface area (Å²) in [6.07, 6.45) is 1.76. The Morgan fingerprint density at radius 3 is 2.44 bits per heavy atom. The summed E-state index contributed by atoms with van der Waals surface area (Å²) < 4.78 is 27.8. The Morgan fingerprint density at radius 2 is 1.75 bits per heavy atom. The van der Waals surface area contributed by atoms with E-state index in [1.54, 1.807) is 12.1 Å². The van der Waals surface area contributed by atoms with Crippen molar-refractivity contribution in [2.45, 2.75) is 31.5 Å². The molecule has 4 atom stereocenters. The molecule has 0 aromatic heterocycles. The van der Waals surface area contributed by atoms with E-state index in [4.69, 9.17) is 11.1 Å². The second kappa shape index (κ2) is 8.26. The number of likely N-dealkylation sites (tertiary alicyclic amines) is 1. The van der Waals surface area contributed by atoms with E-state index in [0.717, 1.165) is 35.9 Å². The second-order valence-corrected chi connectivity index (χ2v) is 8.46. The van der Waals surface area contributed by atoms with Gasteiger partial charge in [0, 0.05) is 23.2 Å². The molecule has 0 saturated carbocycles. The van der Waals surface area contributed by atoms with Crippen molar-refractivity contribution in [2.75, 3.05) is 6.54 Å². The van der Waals surface area contributed by atoms with Crippen molar-refractivity contribution in [3.63, 3.8) is 0 Å². The normalized spacial score (nSPS) is 26.8. The predicted octanol–water partition coefficient (Wildman–Crippen LogP) is 2.99. The molecule has 3 N–H and O–H groups in total. The molecule has 3 saturated heterocycles. The number of hydrogen-bond donors (Lipinski definition) is 2. The van der Waals surface area contributed by atoms with Crippen LogP contribution >= 0.6 is 12.4 Å². The first-order valence-corrected chi connectivity index (χ1v) is 10.4. The van der Waals surface area contributed by atoms with Gasteiger partial charge in [-0.25, -0.2) is 8.78 Å². The number of nitrogens with two attached hydrogens (primary N) is 1. The molecule has 5 rings (SSSR count). The summed E-state index contributed by atoms with van der Waals surface area (Å²) in [5, 5.41) is 7.58. The lowest BCUT2D eigenvalue weighted by Gasteiger charge is -2.29. The SMILES string of the molecule is Cl.N=C(N)c1ccc([C@H]2[C@H]3C(=O)N(Cc4cccc(F)c4F)C(=O)[C@H]3[C@@H]3CCCN32)cc1. The van der Waals surface area contributed by atoms with Crippen molar-refractivity contribution in [3.05, 3.63) is 70.8 Å². The van der Waals surface area contributed by atoms with Crippen LogP contribution < -0.4 is 5.73 Å². The van der Waals surface area contributed by atoms with E-state index in [2.05, 4.69) is 4.90 Å². The number of carbonyl (C=O) groups is 2. The van der Waals surface area contributed by atoms with Gasteiger partial charge in [-0.1, -0.05) is 36.4 Å². The summed E-state index contributed by atoms with van der Waals surface area (Å²) in [6.45, 7) is 0.535. The molecule has 9 heteroatoms. The molecule has 3 heterocycles. The fourth-order valence-electron chi connectivity index (χ4n) is 5.52. The largest absolute Gasteiger partial charge is 0.384 e. The van der Waals surface area contributed by atoms with Crippen molar-refractivity contribution in [1.82, 2.24) is 9.80 Å². The van der Waals surface area contributed by atoms with Crippen LogP contribution in [0.15, 0.2) is 42.5 Å². The molecule has 2 aromatic carbocycles. The number of imide groups is 1. The van der Waals surface area contributed by atoms with Gasteiger partial charge in [-0.05, 0) is 31.0 Å². The fourth-order valence-corrected chi connectivity index (χ4v) is 5.52. The van der Waals surface area contributed by atoms with Gasteiger partial charge >= 0.3 is 0 Å². The highest BCUT2D eigenvalue weighted by molar-refractivity contribution is 6.06. The van der Waals surface area contributed by atoms with E-state index in [9.17, 15) is 18.4 Å². The number of carbonyl (C=O) groups excluding carboxylic acids is 2. The number of nitrogens with zero attached hydrogens (tertiary/aromatic N) is 2. The number of nitrogen functional groups attached to an aromatic ring is 1. The maximum Gasteiger partial charge on any atom is 0.235 e. The molecule has 6 nitrogen and oxygen atoms in total. The third-order valence-electron chi connectivity index (χ3n) is 6.87. The number of benzene rings is 2. The lowest BCUT2D eigenvalue weighted by molar-refractivity contribution is -0.142. The summed E-state index contributed by atoms with van der Waals surface area (Å²) in [7, 11) is 0. The molecule has 0 unspecified atom stereocenters. The average molecular weight is 461 g/mol. The zero-order valence-electron chi connectivity index (χ0n) is 17.1. The number of fused-ring (bicyclic) bond motifs is 3. The van der Waals surface area contributed by atoms with Crippen molar-refractivity contribution in [2.24, 2.45) is 17.6 Å². The summed E-state index contributed by atoms with van der Waals surface area (Å²) in [5.74, 6) is -3.75. The van der Waals surface area contributed by atoms with Crippen LogP contribution in [0.2, 0.25) is 0 Å². The van der Waals surface area contributed by atoms with Crippen LogP contribution in [0.25, 0.3) is 0 Å². The van der Waals surface area contributed by atoms with Crippen LogP contribution in [0.3, 0.4) is 0 Å². The van der Waals surface area contributed by atoms with Crippen LogP contribution in [0.5, 0.6) is 0 Å². The number of nitrogens with one attached hydrogen (secondary N) is 1. The minimum absolute atomic E-state index is 0. The molecule has 3 fully saturated rings. The Bertz CT molecular complexity index is 1090. The van der Waals surface area contributed by atoms with E-state index in [1.165, 1.54) is 12.1 Å². The van der Waals surface area contributed by atoms with Gasteiger partial charge in [0.1, 0.15) is 5.84 Å². The van der Waals surface area contributed by atoms with Gasteiger partial charge in [-0.15, -0.1) is 12.4 Å². The number of halogens is 3. The summed E-state index contributed by atoms with van der Waals surface area (Å²) >= 11 is 0. The molecule has 0 spiro atoms. The maximum atomic E-state index is 14.2. The Morgan fingerprint density at radius 1 is 1.06 bits per heavy atom. The summed E-state index contributed by atoms with van der Waals surface area (Å²) in [5.41, 5.74) is 7.03. The van der Waals surface area contributed by atoms with Gasteiger partial charge < -0.3 is 5.73 Å². The molecule has 3 aliphatic heterocycles. The molecule has 2 amide bonds. The highest BCUT2D eigenvalue weighted by atomic mass is 35.5. The van der Waals surface area contributed by atoms with Crippen molar-refractivity contribution < 1.29 is 18.4 Å². The van der Waals surface area contributed by atoms with Gasteiger partial charge in [0.15, 0.2) is 11.6 Å². The monoisotopic (exact) mass is 460 g/mol. The molecule has 0 aliphatic carbocycles. The lowest BCUT2D eigenvalue weighted by atomic mass is 9.85. The van der Waals surface area contributed by atoms with Crippen LogP contribution in [0.4, 0.5) is 8.78 Å². The molecule has 32 heavy (non-hydrogen) atoms. The summed E-state index contributed by atoms with van der Waals surface area (Å²) in [6, 6.07) is 10.7. The Balaban J connectivity index is 0.00000245. The van der Waals surface area contributed by atoms with Gasteiger partial charge in [0.2, 0.25) is 11.8 Å². The Hall–Kier alpha value is -2.84. The lowest BCUT2D eigenvalue weighted by Crippen LogP contribution is -2.39. The number of rotatable bonds is 4. The minimum atomic E-state index is -1.03. The smallest absolute Gasteiger partial charge is 0.235 e. The number of amidine groups is 1. The number of hydrogen-bond acceptors (Lipinski definition) is 4. The first-order chi connectivity index (χ1) is 14.9. The van der Waals surface area contributed by atoms with Crippen LogP contribution in [-0.4, -0.2) is 40.0 Å². The Kier molecular flexibility index (Phi) is 5.77. The summed E-state index contributed by atoms with van der Waals surface area (Å²) in [4.78, 5) is 30.0. The molecule has 2 aromatic rings. The molecular weight excluding hydrogens is 438 g/mol. The van der Waals surface area contributed by atoms with Gasteiger partial charge in [0.25, 0.3) is 0 Å². The first-order valence-electron chi connectivity index (χ1n) is 10.4. The standard InChI is InChI=1S/C23H22F2N4O2.ClH/c24-15-4-1-3-14(19(15)25)11-29-22(30)17-16-5-2-10-28(16)20(18(17)23(29)31)12-6-8-13(9-7-12)21(26)27;/h1,3-4,6-9,16-18,20H,2,5,10-11H2,(H3,26,27);1H/t16-,17-,18-,20-;/m0./s1. The molecule has 0 bridgehead atoms. The van der Waals surface area contributed by atoms with Crippen LogP contribution in [0.1, 0.15) is 35.6 Å². The quantitative estimate of drug-likeness (QED) is 0.417. The van der Waals surface area contributed by atoms with E-state index in [1.807, 2.05) is 12.1 Å². The van der Waals surface area contributed by atoms with E-state index < -0.39 is 23.5 Å². The molecule has 3 aliphatic rings. The van der Waals surface area contributed by atoms with Crippen molar-refractivity contribution >= 4 is 30.1 Å². The molecule has 0 radical (unpaired) electrons. The van der Waals surface area contributed by atoms with Crippen molar-refractivity contribution in [1.29, 1.82) is 5.41 Å². The van der Waals surface area contributed by atoms with Gasteiger partial charge in [0.05, 0.1) is 18.4 Å². The predicted molar refractivity (Wildman–Crippen MR) is 116 cm³/mol. The minimum Gasteiger partial charge on any atom is -0.384 e. The van der Waals surface area contributed by atoms with E-state index >= 15 is 0 Å². The van der Waals surface area contributed by atoms with Crippen molar-refractivity contribution in [3.8, 4) is 0 Å². The van der Waals surface area contributed by atoms with E-state index in [0.29, 0.717) is 5.56 Å². The Labute approximate surface area is 190 Å².